The van der Waals surface area contributed by atoms with Crippen LogP contribution in [-0.2, 0) is 51.2 Å². The van der Waals surface area contributed by atoms with Crippen molar-refractivity contribution in [1.29, 1.82) is 0 Å². The third-order valence-electron chi connectivity index (χ3n) is 17.3. The minimum atomic E-state index is -6.00. The first-order chi connectivity index (χ1) is 57.4. The van der Waals surface area contributed by atoms with Crippen LogP contribution in [0.5, 0.6) is 11.5 Å². The molecule has 120 heavy (non-hydrogen) atoms. The minimum Gasteiger partial charge on any atom is -0.494 e. The predicted octanol–water partition coefficient (Wildman–Crippen LogP) is 22.7. The van der Waals surface area contributed by atoms with Crippen molar-refractivity contribution < 1.29 is 77.9 Å². The van der Waals surface area contributed by atoms with Crippen molar-refractivity contribution in [3.05, 3.63) is 436 Å². The third-order valence-corrected chi connectivity index (χ3v) is 33.9. The topological polar surface area (TPSA) is 28.2 Å². The summed E-state index contributed by atoms with van der Waals surface area (Å²) in [4.78, 5) is 0. The molecule has 5 nitrogen and oxygen atoms in total. The predicted molar refractivity (Wildman–Crippen MR) is 503 cm³/mol. The van der Waals surface area contributed by atoms with Crippen molar-refractivity contribution in [1.82, 2.24) is 13.3 Å². The number of benzene rings is 14. The summed E-state index contributed by atoms with van der Waals surface area (Å²) in [5.41, 5.74) is 1.54. The van der Waals surface area contributed by atoms with E-state index in [4.69, 9.17) is 22.3 Å². The van der Waals surface area contributed by atoms with Crippen LogP contribution in [0.3, 0.4) is 0 Å². The van der Waals surface area contributed by atoms with E-state index in [1.54, 1.807) is 24.3 Å². The first kappa shape index (κ1) is 100. The molecular formula is C101H99BCu3F4N3O2P6. The van der Waals surface area contributed by atoms with Gasteiger partial charge in [-0.15, -0.1) is 35.4 Å². The number of nitrogens with zero attached hydrogens (tertiary/aromatic N) is 3. The van der Waals surface area contributed by atoms with Crippen LogP contribution in [0.25, 0.3) is 0 Å². The van der Waals surface area contributed by atoms with E-state index in [0.717, 1.165) is 61.5 Å². The summed E-state index contributed by atoms with van der Waals surface area (Å²) in [6.07, 6.45) is 17.0. The summed E-state index contributed by atoms with van der Waals surface area (Å²) in [5.74, 6) is 6.26. The second-order valence-corrected chi connectivity index (χ2v) is 39.6. The molecule has 624 valence electrons. The van der Waals surface area contributed by atoms with E-state index in [0.29, 0.717) is 13.2 Å². The summed E-state index contributed by atoms with van der Waals surface area (Å²) in [7, 11) is -9.87. The average Bonchev–Trinajstić information content (AvgIpc) is 0.794. The van der Waals surface area contributed by atoms with Gasteiger partial charge < -0.3 is 39.6 Å². The van der Waals surface area contributed by atoms with Gasteiger partial charge in [0.05, 0.1) is 13.2 Å². The molecule has 0 aliphatic heterocycles. The summed E-state index contributed by atoms with van der Waals surface area (Å²) in [6.45, 7) is 15.3. The maximum absolute atomic E-state index is 9.75. The van der Waals surface area contributed by atoms with Crippen molar-refractivity contribution in [3.63, 3.8) is 0 Å². The van der Waals surface area contributed by atoms with Crippen LogP contribution in [0.15, 0.2) is 413 Å². The Morgan fingerprint density at radius 1 is 0.233 bits per heavy atom. The molecule has 0 aliphatic carbocycles. The molecule has 0 N–H and O–H groups in total. The van der Waals surface area contributed by atoms with Gasteiger partial charge in [0.15, 0.2) is 0 Å². The molecular weight excluding hydrogens is 1750 g/mol. The molecule has 14 aromatic carbocycles. The van der Waals surface area contributed by atoms with Gasteiger partial charge in [0.2, 0.25) is 0 Å². The summed E-state index contributed by atoms with van der Waals surface area (Å²) >= 11 is 0. The van der Waals surface area contributed by atoms with E-state index in [2.05, 4.69) is 410 Å². The molecule has 14 aromatic rings. The number of halogens is 4. The van der Waals surface area contributed by atoms with E-state index >= 15 is 0 Å². The molecule has 0 bridgehead atoms. The summed E-state index contributed by atoms with van der Waals surface area (Å²) < 4.78 is 57.8. The molecule has 0 atom stereocenters. The SMILES string of the molecule is CCCN(P(c1ccccc1)c1ccccc1)P(c1ccccc1)c1ccccc1.CCCN(P(c1ccccc1)c1ccccc1)P(c1ccccc1)c1ccccc1.CCCN(P(c1ccccc1)c1ccccc1)P(c1ccccc1)c1ccccc1.F[B-](F)(F)F.[C-]#Cc1ccc(OCC)cc1.[C-]#Cc1ccc(OCC)cc1.[Cu+].[Cu+].[Cu+]. The standard InChI is InChI=1S/3C27H27NP2.2C10H9O.BF4.3Cu/c3*1-2-23-28(29(24-15-7-3-8-16-24)25-17-9-4-10-18-25)30(26-19-11-5-12-20-26)27-21-13-6-14-22-27;2*1-3-9-5-7-10(8-6-9)11-4-2;2-1(3,4)5;;;/h3*3-22H,2,23H2,1H3;2*5-8H,4H2,2H3;;;;/q;;;3*-1;3*+1. The van der Waals surface area contributed by atoms with Crippen molar-refractivity contribution in [2.45, 2.75) is 53.9 Å². The smallest absolute Gasteiger partial charge is 0.494 e. The zero-order valence-corrected chi connectivity index (χ0v) is 75.9. The molecule has 19 heteroatoms. The van der Waals surface area contributed by atoms with Crippen LogP contribution in [0.4, 0.5) is 17.3 Å². The molecule has 0 saturated carbocycles. The molecule has 0 saturated heterocycles. The summed E-state index contributed by atoms with van der Waals surface area (Å²) in [5, 5.41) is 16.9. The van der Waals surface area contributed by atoms with Crippen LogP contribution >= 0.6 is 48.4 Å². The summed E-state index contributed by atoms with van der Waals surface area (Å²) in [6, 6.07) is 147. The Morgan fingerprint density at radius 3 is 0.458 bits per heavy atom. The van der Waals surface area contributed by atoms with Gasteiger partial charge in [0.1, 0.15) is 11.5 Å². The van der Waals surface area contributed by atoms with Gasteiger partial charge in [-0.3, -0.25) is 11.8 Å². The van der Waals surface area contributed by atoms with Crippen molar-refractivity contribution >= 4 is 119 Å². The van der Waals surface area contributed by atoms with Gasteiger partial charge in [-0.1, -0.05) is 385 Å². The Bertz CT molecular complexity index is 4120. The molecule has 0 amide bonds. The van der Waals surface area contributed by atoms with Gasteiger partial charge in [-0.2, -0.15) is 0 Å². The average molecular weight is 1850 g/mol. The van der Waals surface area contributed by atoms with Gasteiger partial charge in [0, 0.05) is 68.1 Å². The van der Waals surface area contributed by atoms with Crippen LogP contribution in [0.2, 0.25) is 0 Å². The van der Waals surface area contributed by atoms with Gasteiger partial charge in [-0.25, -0.2) is 13.3 Å². The number of hydrogen-bond donors (Lipinski definition) is 0. The Kier molecular flexibility index (Phi) is 47.7. The normalized spacial score (nSPS) is 10.6. The van der Waals surface area contributed by atoms with E-state index in [-0.39, 0.29) is 51.2 Å². The molecule has 0 spiro atoms. The number of ether oxygens (including phenoxy) is 2. The quantitative estimate of drug-likeness (QED) is 0.0160. The second-order valence-electron chi connectivity index (χ2n) is 25.8. The zero-order chi connectivity index (χ0) is 82.5. The van der Waals surface area contributed by atoms with E-state index in [1.165, 1.54) is 63.7 Å². The first-order valence-corrected chi connectivity index (χ1v) is 47.1. The van der Waals surface area contributed by atoms with Gasteiger partial charge in [0.25, 0.3) is 0 Å². The van der Waals surface area contributed by atoms with Crippen molar-refractivity contribution in [2.75, 3.05) is 32.8 Å². The molecule has 0 aliphatic rings. The minimum absolute atomic E-state index is 0. The van der Waals surface area contributed by atoms with Crippen LogP contribution in [0, 0.1) is 24.7 Å². The fourth-order valence-corrected chi connectivity index (χ4v) is 31.1. The Labute approximate surface area is 751 Å². The van der Waals surface area contributed by atoms with E-state index in [9.17, 15) is 17.3 Å². The Morgan fingerprint density at radius 2 is 0.358 bits per heavy atom. The van der Waals surface area contributed by atoms with Crippen LogP contribution < -0.4 is 73.1 Å². The van der Waals surface area contributed by atoms with Gasteiger partial charge >= 0.3 is 58.5 Å². The third kappa shape index (κ3) is 32.8. The second kappa shape index (κ2) is 57.1. The largest absolute Gasteiger partial charge is 1.00 e. The van der Waals surface area contributed by atoms with E-state index < -0.39 is 55.7 Å². The molecule has 14 rings (SSSR count). The maximum Gasteiger partial charge on any atom is 1.00 e. The number of hydrogen-bond acceptors (Lipinski definition) is 5. The zero-order valence-electron chi connectivity index (χ0n) is 67.8. The molecule has 0 aromatic heterocycles. The van der Waals surface area contributed by atoms with Crippen molar-refractivity contribution in [3.8, 4) is 23.3 Å². The van der Waals surface area contributed by atoms with Crippen LogP contribution in [0.1, 0.15) is 65.0 Å². The molecule has 0 radical (unpaired) electrons. The Hall–Kier alpha value is -8.40. The monoisotopic (exact) mass is 1850 g/mol. The Balaban J connectivity index is 0.000000239. The molecule has 0 fully saturated rings. The number of rotatable bonds is 28. The molecule has 0 heterocycles. The van der Waals surface area contributed by atoms with Crippen LogP contribution in [-0.4, -0.2) is 53.4 Å². The van der Waals surface area contributed by atoms with Crippen molar-refractivity contribution in [2.24, 2.45) is 0 Å². The fourth-order valence-electron chi connectivity index (χ4n) is 12.4. The van der Waals surface area contributed by atoms with E-state index in [1.807, 2.05) is 38.1 Å². The van der Waals surface area contributed by atoms with Gasteiger partial charge in [-0.05, 0) is 121 Å². The first-order valence-electron chi connectivity index (χ1n) is 39.3. The fraction of sp³-hybridized carbons (Fsp3) is 0.129. The maximum atomic E-state index is 9.75. The molecule has 0 unspecified atom stereocenters.